The van der Waals surface area contributed by atoms with Gasteiger partial charge in [-0.1, -0.05) is 25.5 Å². The average molecular weight is 263 g/mol. The minimum Gasteiger partial charge on any atom is -0.333 e. The number of benzene rings is 1. The van der Waals surface area contributed by atoms with Crippen LogP contribution in [0.25, 0.3) is 0 Å². The fourth-order valence-electron chi connectivity index (χ4n) is 2.06. The number of nitrogens with one attached hydrogen (secondary N) is 2. The first-order chi connectivity index (χ1) is 8.84. The molecule has 1 rings (SSSR count). The van der Waals surface area contributed by atoms with Gasteiger partial charge in [0.15, 0.2) is 0 Å². The van der Waals surface area contributed by atoms with Crippen molar-refractivity contribution in [3.05, 3.63) is 29.8 Å². The number of nitrogens with two attached hydrogens (primary N) is 1. The summed E-state index contributed by atoms with van der Waals surface area (Å²) >= 11 is 0. The van der Waals surface area contributed by atoms with Crippen molar-refractivity contribution in [2.45, 2.75) is 52.1 Å². The highest BCUT2D eigenvalue weighted by Gasteiger charge is 2.19. The molecule has 0 bridgehead atoms. The molecular weight excluding hydrogens is 238 g/mol. The molecule has 1 aromatic rings. The molecule has 1 unspecified atom stereocenters. The SMILES string of the molecule is CCCC(C)(C)NC(=O)Nc1cccc(C(C)N)c1. The van der Waals surface area contributed by atoms with E-state index in [4.69, 9.17) is 5.73 Å². The maximum absolute atomic E-state index is 11.9. The fourth-order valence-corrected chi connectivity index (χ4v) is 2.06. The molecule has 19 heavy (non-hydrogen) atoms. The zero-order valence-corrected chi connectivity index (χ0v) is 12.3. The van der Waals surface area contributed by atoms with E-state index >= 15 is 0 Å². The van der Waals surface area contributed by atoms with Crippen LogP contribution in [0.15, 0.2) is 24.3 Å². The lowest BCUT2D eigenvalue weighted by atomic mass is 9.99. The minimum absolute atomic E-state index is 0.0404. The molecule has 0 spiro atoms. The van der Waals surface area contributed by atoms with Crippen LogP contribution in [0.3, 0.4) is 0 Å². The highest BCUT2D eigenvalue weighted by atomic mass is 16.2. The first-order valence-corrected chi connectivity index (χ1v) is 6.79. The first kappa shape index (κ1) is 15.5. The molecule has 2 amide bonds. The molecule has 0 heterocycles. The van der Waals surface area contributed by atoms with E-state index in [2.05, 4.69) is 17.6 Å². The van der Waals surface area contributed by atoms with Crippen LogP contribution >= 0.6 is 0 Å². The normalized spacial score (nSPS) is 12.9. The van der Waals surface area contributed by atoms with Crippen molar-refractivity contribution in [3.8, 4) is 0 Å². The number of rotatable bonds is 5. The lowest BCUT2D eigenvalue weighted by Crippen LogP contribution is -2.45. The quantitative estimate of drug-likeness (QED) is 0.762. The predicted molar refractivity (Wildman–Crippen MR) is 80.2 cm³/mol. The number of hydrogen-bond acceptors (Lipinski definition) is 2. The summed E-state index contributed by atoms with van der Waals surface area (Å²) in [5.74, 6) is 0. The van der Waals surface area contributed by atoms with E-state index in [0.717, 1.165) is 24.1 Å². The van der Waals surface area contributed by atoms with E-state index in [0.29, 0.717) is 0 Å². The second-order valence-corrected chi connectivity index (χ2v) is 5.63. The van der Waals surface area contributed by atoms with Gasteiger partial charge in [-0.25, -0.2) is 4.79 Å². The maximum Gasteiger partial charge on any atom is 0.319 e. The predicted octanol–water partition coefficient (Wildman–Crippen LogP) is 3.41. The average Bonchev–Trinajstić information content (AvgIpc) is 2.27. The van der Waals surface area contributed by atoms with Gasteiger partial charge in [0.2, 0.25) is 0 Å². The molecular formula is C15H25N3O. The largest absolute Gasteiger partial charge is 0.333 e. The van der Waals surface area contributed by atoms with Crippen LogP contribution in [0, 0.1) is 0 Å². The van der Waals surface area contributed by atoms with Crippen molar-refractivity contribution in [1.82, 2.24) is 5.32 Å². The Morgan fingerprint density at radius 2 is 2.11 bits per heavy atom. The Morgan fingerprint density at radius 3 is 2.68 bits per heavy atom. The Kier molecular flexibility index (Phi) is 5.36. The number of anilines is 1. The monoisotopic (exact) mass is 263 g/mol. The molecule has 0 aliphatic carbocycles. The van der Waals surface area contributed by atoms with Crippen molar-refractivity contribution < 1.29 is 4.79 Å². The molecule has 4 nitrogen and oxygen atoms in total. The zero-order valence-electron chi connectivity index (χ0n) is 12.3. The molecule has 1 atom stereocenters. The molecule has 0 aliphatic heterocycles. The molecule has 0 fully saturated rings. The molecule has 0 aliphatic rings. The van der Waals surface area contributed by atoms with Gasteiger partial charge in [-0.3, -0.25) is 0 Å². The van der Waals surface area contributed by atoms with E-state index in [-0.39, 0.29) is 17.6 Å². The lowest BCUT2D eigenvalue weighted by Gasteiger charge is -2.25. The third kappa shape index (κ3) is 5.30. The van der Waals surface area contributed by atoms with Crippen LogP contribution in [0.1, 0.15) is 52.1 Å². The van der Waals surface area contributed by atoms with Gasteiger partial charge in [-0.15, -0.1) is 0 Å². The van der Waals surface area contributed by atoms with Crippen molar-refractivity contribution in [3.63, 3.8) is 0 Å². The number of carbonyl (C=O) groups is 1. The Balaban J connectivity index is 2.64. The van der Waals surface area contributed by atoms with Gasteiger partial charge in [0.25, 0.3) is 0 Å². The van der Waals surface area contributed by atoms with Crippen LogP contribution < -0.4 is 16.4 Å². The lowest BCUT2D eigenvalue weighted by molar-refractivity contribution is 0.239. The summed E-state index contributed by atoms with van der Waals surface area (Å²) in [5, 5.41) is 5.82. The maximum atomic E-state index is 11.9. The van der Waals surface area contributed by atoms with Gasteiger partial charge in [0.05, 0.1) is 0 Å². The molecule has 0 saturated heterocycles. The first-order valence-electron chi connectivity index (χ1n) is 6.79. The molecule has 106 valence electrons. The fraction of sp³-hybridized carbons (Fsp3) is 0.533. The van der Waals surface area contributed by atoms with E-state index in [1.165, 1.54) is 0 Å². The minimum atomic E-state index is -0.197. The van der Waals surface area contributed by atoms with Crippen molar-refractivity contribution in [2.75, 3.05) is 5.32 Å². The Labute approximate surface area is 115 Å². The number of hydrogen-bond donors (Lipinski definition) is 3. The van der Waals surface area contributed by atoms with Gasteiger partial charge >= 0.3 is 6.03 Å². The molecule has 0 radical (unpaired) electrons. The number of amides is 2. The van der Waals surface area contributed by atoms with Crippen molar-refractivity contribution in [2.24, 2.45) is 5.73 Å². The van der Waals surface area contributed by atoms with E-state index < -0.39 is 0 Å². The highest BCUT2D eigenvalue weighted by molar-refractivity contribution is 5.89. The smallest absolute Gasteiger partial charge is 0.319 e. The zero-order chi connectivity index (χ0) is 14.5. The Hall–Kier alpha value is -1.55. The van der Waals surface area contributed by atoms with E-state index in [1.807, 2.05) is 45.0 Å². The molecule has 1 aromatic carbocycles. The summed E-state index contributed by atoms with van der Waals surface area (Å²) in [6, 6.07) is 7.39. The van der Waals surface area contributed by atoms with E-state index in [1.54, 1.807) is 0 Å². The summed E-state index contributed by atoms with van der Waals surface area (Å²) in [7, 11) is 0. The van der Waals surface area contributed by atoms with E-state index in [9.17, 15) is 4.79 Å². The van der Waals surface area contributed by atoms with Gasteiger partial charge in [0.1, 0.15) is 0 Å². The van der Waals surface area contributed by atoms with Gasteiger partial charge in [-0.05, 0) is 44.9 Å². The summed E-state index contributed by atoms with van der Waals surface area (Å²) in [4.78, 5) is 11.9. The topological polar surface area (TPSA) is 67.2 Å². The summed E-state index contributed by atoms with van der Waals surface area (Å²) < 4.78 is 0. The van der Waals surface area contributed by atoms with Gasteiger partial charge < -0.3 is 16.4 Å². The van der Waals surface area contributed by atoms with Crippen molar-refractivity contribution >= 4 is 11.7 Å². The van der Waals surface area contributed by atoms with Crippen LogP contribution in [0.5, 0.6) is 0 Å². The Morgan fingerprint density at radius 1 is 1.42 bits per heavy atom. The molecule has 0 saturated carbocycles. The molecule has 4 heteroatoms. The summed E-state index contributed by atoms with van der Waals surface area (Å²) in [5.41, 5.74) is 7.40. The van der Waals surface area contributed by atoms with Gasteiger partial charge in [-0.2, -0.15) is 0 Å². The molecule has 4 N–H and O–H groups in total. The van der Waals surface area contributed by atoms with Gasteiger partial charge in [0, 0.05) is 17.3 Å². The highest BCUT2D eigenvalue weighted by Crippen LogP contribution is 2.16. The third-order valence-corrected chi connectivity index (χ3v) is 3.00. The van der Waals surface area contributed by atoms with Crippen molar-refractivity contribution in [1.29, 1.82) is 0 Å². The summed E-state index contributed by atoms with van der Waals surface area (Å²) in [6.07, 6.45) is 1.98. The second kappa shape index (κ2) is 6.57. The number of urea groups is 1. The van der Waals surface area contributed by atoms with Crippen LogP contribution in [0.4, 0.5) is 10.5 Å². The second-order valence-electron chi connectivity index (χ2n) is 5.63. The van der Waals surface area contributed by atoms with Crippen LogP contribution in [-0.2, 0) is 0 Å². The van der Waals surface area contributed by atoms with Crippen LogP contribution in [0.2, 0.25) is 0 Å². The third-order valence-electron chi connectivity index (χ3n) is 3.00. The van der Waals surface area contributed by atoms with Crippen LogP contribution in [-0.4, -0.2) is 11.6 Å². The summed E-state index contributed by atoms with van der Waals surface area (Å²) in [6.45, 7) is 8.07. The molecule has 0 aromatic heterocycles. The Bertz CT molecular complexity index is 427. The standard InChI is InChI=1S/C15H25N3O/c1-5-9-15(3,4)18-14(19)17-13-8-6-7-12(10-13)11(2)16/h6-8,10-11H,5,9,16H2,1-4H3,(H2,17,18,19). The number of carbonyl (C=O) groups excluding carboxylic acids is 1.